The van der Waals surface area contributed by atoms with Crippen molar-refractivity contribution in [2.45, 2.75) is 24.7 Å². The number of carboxylic acid groups (broad SMARTS) is 1. The molecule has 1 aliphatic carbocycles. The van der Waals surface area contributed by atoms with E-state index < -0.39 is 30.4 Å². The van der Waals surface area contributed by atoms with Gasteiger partial charge in [0.1, 0.15) is 0 Å². The standard InChI is InChI=1S/C13H14F2N2O3/c14-10(15)7-16-12(20)17-9-3-1-8(2-4-9)13(5-6-13)11(18)19/h1-4,10H,5-7H2,(H,18,19)(H2,16,17,20). The number of alkyl halides is 2. The van der Waals surface area contributed by atoms with E-state index in [0.717, 1.165) is 0 Å². The molecule has 0 spiro atoms. The molecular formula is C13H14F2N2O3. The lowest BCUT2D eigenvalue weighted by atomic mass is 9.96. The van der Waals surface area contributed by atoms with Gasteiger partial charge in [-0.2, -0.15) is 0 Å². The van der Waals surface area contributed by atoms with Crippen molar-refractivity contribution in [3.05, 3.63) is 29.8 Å². The number of carbonyl (C=O) groups excluding carboxylic acids is 1. The second kappa shape index (κ2) is 5.44. The zero-order valence-corrected chi connectivity index (χ0v) is 10.5. The number of hydrogen-bond donors (Lipinski definition) is 3. The molecule has 1 saturated carbocycles. The molecule has 3 N–H and O–H groups in total. The second-order valence-corrected chi connectivity index (χ2v) is 4.69. The Morgan fingerprint density at radius 1 is 1.25 bits per heavy atom. The molecule has 0 unspecified atom stereocenters. The Bertz CT molecular complexity index is 513. The molecular weight excluding hydrogens is 270 g/mol. The number of carboxylic acids is 1. The molecule has 108 valence electrons. The van der Waals surface area contributed by atoms with E-state index in [1.54, 1.807) is 24.3 Å². The van der Waals surface area contributed by atoms with Gasteiger partial charge in [0, 0.05) is 5.69 Å². The highest BCUT2D eigenvalue weighted by Crippen LogP contribution is 2.48. The number of benzene rings is 1. The number of hydrogen-bond acceptors (Lipinski definition) is 2. The summed E-state index contributed by atoms with van der Waals surface area (Å²) in [4.78, 5) is 22.4. The molecule has 7 heteroatoms. The van der Waals surface area contributed by atoms with Crippen molar-refractivity contribution >= 4 is 17.7 Å². The molecule has 0 saturated heterocycles. The molecule has 1 aromatic carbocycles. The lowest BCUT2D eigenvalue weighted by molar-refractivity contribution is -0.140. The smallest absolute Gasteiger partial charge is 0.319 e. The van der Waals surface area contributed by atoms with Crippen LogP contribution in [-0.2, 0) is 10.2 Å². The molecule has 0 aliphatic heterocycles. The molecule has 0 aromatic heterocycles. The van der Waals surface area contributed by atoms with Gasteiger partial charge in [0.2, 0.25) is 0 Å². The van der Waals surface area contributed by atoms with Crippen LogP contribution in [0.4, 0.5) is 19.3 Å². The van der Waals surface area contributed by atoms with Gasteiger partial charge in [-0.05, 0) is 30.5 Å². The quantitative estimate of drug-likeness (QED) is 0.775. The van der Waals surface area contributed by atoms with Crippen LogP contribution in [0.25, 0.3) is 0 Å². The van der Waals surface area contributed by atoms with Crippen molar-refractivity contribution in [1.82, 2.24) is 5.32 Å². The molecule has 20 heavy (non-hydrogen) atoms. The molecule has 5 nitrogen and oxygen atoms in total. The first-order chi connectivity index (χ1) is 9.44. The van der Waals surface area contributed by atoms with Gasteiger partial charge in [-0.15, -0.1) is 0 Å². The fourth-order valence-electron chi connectivity index (χ4n) is 1.97. The van der Waals surface area contributed by atoms with Crippen molar-refractivity contribution in [3.8, 4) is 0 Å². The zero-order chi connectivity index (χ0) is 14.8. The highest BCUT2D eigenvalue weighted by molar-refractivity contribution is 5.89. The lowest BCUT2D eigenvalue weighted by Gasteiger charge is -2.11. The molecule has 2 rings (SSSR count). The van der Waals surface area contributed by atoms with Crippen molar-refractivity contribution < 1.29 is 23.5 Å². The van der Waals surface area contributed by atoms with Crippen molar-refractivity contribution in [2.24, 2.45) is 0 Å². The molecule has 1 aromatic rings. The largest absolute Gasteiger partial charge is 0.481 e. The number of halogens is 2. The summed E-state index contributed by atoms with van der Waals surface area (Å²) in [7, 11) is 0. The zero-order valence-electron chi connectivity index (χ0n) is 10.5. The van der Waals surface area contributed by atoms with Crippen molar-refractivity contribution in [3.63, 3.8) is 0 Å². The molecule has 0 radical (unpaired) electrons. The van der Waals surface area contributed by atoms with E-state index >= 15 is 0 Å². The molecule has 0 heterocycles. The predicted molar refractivity (Wildman–Crippen MR) is 68.0 cm³/mol. The fraction of sp³-hybridized carbons (Fsp3) is 0.385. The number of amides is 2. The van der Waals surface area contributed by atoms with Crippen LogP contribution < -0.4 is 10.6 Å². The first kappa shape index (κ1) is 14.2. The van der Waals surface area contributed by atoms with Gasteiger partial charge in [0.05, 0.1) is 12.0 Å². The highest BCUT2D eigenvalue weighted by Gasteiger charge is 2.51. The van der Waals surface area contributed by atoms with Gasteiger partial charge in [-0.25, -0.2) is 13.6 Å². The van der Waals surface area contributed by atoms with Crippen LogP contribution in [0.3, 0.4) is 0 Å². The van der Waals surface area contributed by atoms with Gasteiger partial charge >= 0.3 is 12.0 Å². The summed E-state index contributed by atoms with van der Waals surface area (Å²) in [5.74, 6) is -0.854. The van der Waals surface area contributed by atoms with Crippen LogP contribution in [0, 0.1) is 0 Å². The van der Waals surface area contributed by atoms with Crippen LogP contribution in [0.5, 0.6) is 0 Å². The minimum Gasteiger partial charge on any atom is -0.481 e. The van der Waals surface area contributed by atoms with Crippen LogP contribution in [0.1, 0.15) is 18.4 Å². The number of rotatable bonds is 5. The minimum absolute atomic E-state index is 0.418. The summed E-state index contributed by atoms with van der Waals surface area (Å²) in [6.07, 6.45) is -1.40. The van der Waals surface area contributed by atoms with Gasteiger partial charge in [-0.3, -0.25) is 4.79 Å². The first-order valence-electron chi connectivity index (χ1n) is 6.11. The van der Waals surface area contributed by atoms with E-state index in [9.17, 15) is 18.4 Å². The van der Waals surface area contributed by atoms with Crippen molar-refractivity contribution in [2.75, 3.05) is 11.9 Å². The molecule has 0 atom stereocenters. The monoisotopic (exact) mass is 284 g/mol. The third kappa shape index (κ3) is 3.04. The van der Waals surface area contributed by atoms with Crippen LogP contribution in [-0.4, -0.2) is 30.1 Å². The SMILES string of the molecule is O=C(NCC(F)F)Nc1ccc(C2(C(=O)O)CC2)cc1. The third-order valence-corrected chi connectivity index (χ3v) is 3.27. The maximum absolute atomic E-state index is 11.9. The Balaban J connectivity index is 1.95. The molecule has 1 aliphatic rings. The van der Waals surface area contributed by atoms with E-state index in [1.165, 1.54) is 0 Å². The Labute approximate surface area is 114 Å². The minimum atomic E-state index is -2.60. The van der Waals surface area contributed by atoms with E-state index in [-0.39, 0.29) is 0 Å². The summed E-state index contributed by atoms with van der Waals surface area (Å²) >= 11 is 0. The summed E-state index contributed by atoms with van der Waals surface area (Å²) in [6, 6.07) is 5.64. The Kier molecular flexibility index (Phi) is 3.87. The number of urea groups is 1. The molecule has 1 fully saturated rings. The first-order valence-corrected chi connectivity index (χ1v) is 6.11. The average molecular weight is 284 g/mol. The fourth-order valence-corrected chi connectivity index (χ4v) is 1.97. The van der Waals surface area contributed by atoms with Gasteiger partial charge in [-0.1, -0.05) is 12.1 Å². The average Bonchev–Trinajstić information content (AvgIpc) is 3.19. The van der Waals surface area contributed by atoms with Gasteiger partial charge in [0.15, 0.2) is 0 Å². The Morgan fingerprint density at radius 2 is 1.85 bits per heavy atom. The number of aliphatic carboxylic acids is 1. The second-order valence-electron chi connectivity index (χ2n) is 4.69. The molecule has 0 bridgehead atoms. The maximum atomic E-state index is 11.9. The van der Waals surface area contributed by atoms with Crippen LogP contribution in [0.15, 0.2) is 24.3 Å². The lowest BCUT2D eigenvalue weighted by Crippen LogP contribution is -2.32. The third-order valence-electron chi connectivity index (χ3n) is 3.27. The Morgan fingerprint density at radius 3 is 2.30 bits per heavy atom. The predicted octanol–water partition coefficient (Wildman–Crippen LogP) is 2.19. The maximum Gasteiger partial charge on any atom is 0.319 e. The van der Waals surface area contributed by atoms with E-state index in [4.69, 9.17) is 5.11 Å². The highest BCUT2D eigenvalue weighted by atomic mass is 19.3. The van der Waals surface area contributed by atoms with Gasteiger partial charge < -0.3 is 15.7 Å². The van der Waals surface area contributed by atoms with E-state index in [0.29, 0.717) is 24.1 Å². The van der Waals surface area contributed by atoms with Gasteiger partial charge in [0.25, 0.3) is 6.43 Å². The summed E-state index contributed by atoms with van der Waals surface area (Å²) in [5.41, 5.74) is 0.307. The number of anilines is 1. The van der Waals surface area contributed by atoms with Crippen LogP contribution >= 0.6 is 0 Å². The summed E-state index contributed by atoms with van der Waals surface area (Å²) < 4.78 is 23.8. The number of carbonyl (C=O) groups is 2. The van der Waals surface area contributed by atoms with Crippen LogP contribution in [0.2, 0.25) is 0 Å². The topological polar surface area (TPSA) is 78.4 Å². The van der Waals surface area contributed by atoms with Crippen molar-refractivity contribution in [1.29, 1.82) is 0 Å². The van der Waals surface area contributed by atoms with E-state index in [2.05, 4.69) is 5.32 Å². The Hall–Kier alpha value is -2.18. The van der Waals surface area contributed by atoms with E-state index in [1.807, 2.05) is 5.32 Å². The number of nitrogens with one attached hydrogen (secondary N) is 2. The summed E-state index contributed by atoms with van der Waals surface area (Å²) in [6.45, 7) is -0.716. The normalized spacial score (nSPS) is 15.8. The molecule has 2 amide bonds. The summed E-state index contributed by atoms with van der Waals surface area (Å²) in [5, 5.41) is 13.5.